The van der Waals surface area contributed by atoms with Gasteiger partial charge in [0.05, 0.1) is 28.8 Å². The van der Waals surface area contributed by atoms with Gasteiger partial charge in [0, 0.05) is 12.3 Å². The monoisotopic (exact) mass is 430 g/mol. The molecule has 7 nitrogen and oxygen atoms in total. The third-order valence-corrected chi connectivity index (χ3v) is 6.53. The van der Waals surface area contributed by atoms with Crippen LogP contribution in [-0.2, 0) is 6.42 Å². The number of aromatic nitrogens is 5. The van der Waals surface area contributed by atoms with Crippen LogP contribution >= 0.6 is 0 Å². The molecular weight excluding hydrogens is 400 g/mol. The van der Waals surface area contributed by atoms with Gasteiger partial charge in [0.15, 0.2) is 0 Å². The smallest absolute Gasteiger partial charge is 0.258 e. The second kappa shape index (κ2) is 8.47. The van der Waals surface area contributed by atoms with Gasteiger partial charge in [0.1, 0.15) is 11.3 Å². The van der Waals surface area contributed by atoms with Gasteiger partial charge in [-0.05, 0) is 75.9 Å². The Balaban J connectivity index is 1.48. The number of piperidine rings is 1. The van der Waals surface area contributed by atoms with Gasteiger partial charge in [-0.1, -0.05) is 19.9 Å². The van der Waals surface area contributed by atoms with Gasteiger partial charge in [0.2, 0.25) is 0 Å². The van der Waals surface area contributed by atoms with Crippen LogP contribution in [-0.4, -0.2) is 48.5 Å². The standard InChI is InChI=1S/C25H30N6O/c1-4-10-29-11-8-18(9-12-29)19-6-7-24-27-21(14-25(32)30(24)16-19)22-13-23-20(5-2)26-17(3)15-31(23)28-22/h6-7,13-16,18H,4-5,8-12H2,1-3H3. The summed E-state index contributed by atoms with van der Waals surface area (Å²) in [4.78, 5) is 24.9. The maximum absolute atomic E-state index is 13.0. The molecule has 1 saturated heterocycles. The highest BCUT2D eigenvalue weighted by atomic mass is 16.1. The van der Waals surface area contributed by atoms with Crippen LogP contribution in [0.15, 0.2) is 41.5 Å². The quantitative estimate of drug-likeness (QED) is 0.481. The van der Waals surface area contributed by atoms with E-state index in [1.54, 1.807) is 10.5 Å². The van der Waals surface area contributed by atoms with E-state index >= 15 is 0 Å². The first kappa shape index (κ1) is 20.8. The molecule has 1 aliphatic rings. The molecular formula is C25H30N6O. The molecule has 166 valence electrons. The number of likely N-dealkylation sites (tertiary alicyclic amines) is 1. The summed E-state index contributed by atoms with van der Waals surface area (Å²) >= 11 is 0. The van der Waals surface area contributed by atoms with Crippen molar-refractivity contribution in [3.8, 4) is 11.4 Å². The van der Waals surface area contributed by atoms with E-state index in [-0.39, 0.29) is 5.56 Å². The van der Waals surface area contributed by atoms with E-state index in [0.29, 0.717) is 23.0 Å². The lowest BCUT2D eigenvalue weighted by Gasteiger charge is -2.31. The highest BCUT2D eigenvalue weighted by Gasteiger charge is 2.21. The van der Waals surface area contributed by atoms with E-state index in [2.05, 4.69) is 34.9 Å². The van der Waals surface area contributed by atoms with Crippen LogP contribution in [0.4, 0.5) is 0 Å². The summed E-state index contributed by atoms with van der Waals surface area (Å²) in [6.45, 7) is 9.71. The number of fused-ring (bicyclic) bond motifs is 2. The van der Waals surface area contributed by atoms with Crippen LogP contribution in [0, 0.1) is 6.92 Å². The van der Waals surface area contributed by atoms with Crippen molar-refractivity contribution in [2.75, 3.05) is 19.6 Å². The molecule has 0 N–H and O–H groups in total. The van der Waals surface area contributed by atoms with E-state index in [9.17, 15) is 4.79 Å². The maximum atomic E-state index is 13.0. The molecule has 0 atom stereocenters. The molecule has 0 aromatic carbocycles. The molecule has 0 aliphatic carbocycles. The first-order valence-corrected chi connectivity index (χ1v) is 11.7. The molecule has 0 amide bonds. The number of pyridine rings is 1. The average molecular weight is 431 g/mol. The van der Waals surface area contributed by atoms with Crippen LogP contribution in [0.5, 0.6) is 0 Å². The third-order valence-electron chi connectivity index (χ3n) is 6.53. The first-order chi connectivity index (χ1) is 15.6. The fourth-order valence-electron chi connectivity index (χ4n) is 4.87. The first-order valence-electron chi connectivity index (χ1n) is 11.7. The number of rotatable bonds is 5. The number of aryl methyl sites for hydroxylation is 2. The molecule has 0 radical (unpaired) electrons. The highest BCUT2D eigenvalue weighted by Crippen LogP contribution is 2.28. The molecule has 1 aliphatic heterocycles. The van der Waals surface area contributed by atoms with Crippen molar-refractivity contribution in [1.82, 2.24) is 28.9 Å². The fraction of sp³-hybridized carbons (Fsp3) is 0.440. The third kappa shape index (κ3) is 3.81. The zero-order chi connectivity index (χ0) is 22.2. The zero-order valence-electron chi connectivity index (χ0n) is 19.1. The van der Waals surface area contributed by atoms with Crippen LogP contribution in [0.2, 0.25) is 0 Å². The molecule has 5 heterocycles. The van der Waals surface area contributed by atoms with Crippen LogP contribution in [0.25, 0.3) is 22.6 Å². The Kier molecular flexibility index (Phi) is 5.51. The summed E-state index contributed by atoms with van der Waals surface area (Å²) in [5, 5.41) is 4.67. The second-order valence-corrected chi connectivity index (χ2v) is 8.83. The van der Waals surface area contributed by atoms with Crippen LogP contribution < -0.4 is 5.56 Å². The normalized spacial score (nSPS) is 15.7. The second-order valence-electron chi connectivity index (χ2n) is 8.83. The minimum absolute atomic E-state index is 0.0719. The Hall–Kier alpha value is -3.06. The molecule has 4 aromatic rings. The van der Waals surface area contributed by atoms with Gasteiger partial charge in [-0.3, -0.25) is 14.2 Å². The lowest BCUT2D eigenvalue weighted by molar-refractivity contribution is 0.212. The fourth-order valence-corrected chi connectivity index (χ4v) is 4.87. The predicted molar refractivity (Wildman–Crippen MR) is 126 cm³/mol. The SMILES string of the molecule is CCCN1CCC(c2ccc3nc(-c4cc5c(CC)nc(C)cn5n4)cc(=O)n3c2)CC1. The minimum atomic E-state index is -0.0719. The largest absolute Gasteiger partial charge is 0.303 e. The van der Waals surface area contributed by atoms with Crippen molar-refractivity contribution in [3.05, 3.63) is 64.0 Å². The van der Waals surface area contributed by atoms with E-state index in [4.69, 9.17) is 4.98 Å². The molecule has 32 heavy (non-hydrogen) atoms. The Morgan fingerprint density at radius 3 is 2.59 bits per heavy atom. The summed E-state index contributed by atoms with van der Waals surface area (Å²) in [5.41, 5.74) is 5.98. The lowest BCUT2D eigenvalue weighted by Crippen LogP contribution is -2.33. The molecule has 7 heteroatoms. The molecule has 4 aromatic heterocycles. The highest BCUT2D eigenvalue weighted by molar-refractivity contribution is 5.66. The van der Waals surface area contributed by atoms with E-state index < -0.39 is 0 Å². The molecule has 0 spiro atoms. The summed E-state index contributed by atoms with van der Waals surface area (Å²) in [5.74, 6) is 0.501. The van der Waals surface area contributed by atoms with E-state index in [1.165, 1.54) is 18.5 Å². The van der Waals surface area contributed by atoms with Gasteiger partial charge < -0.3 is 4.90 Å². The summed E-state index contributed by atoms with van der Waals surface area (Å²) < 4.78 is 3.52. The number of hydrogen-bond acceptors (Lipinski definition) is 5. The zero-order valence-corrected chi connectivity index (χ0v) is 19.1. The average Bonchev–Trinajstić information content (AvgIpc) is 3.23. The predicted octanol–water partition coefficient (Wildman–Crippen LogP) is 3.86. The Morgan fingerprint density at radius 2 is 1.84 bits per heavy atom. The van der Waals surface area contributed by atoms with Crippen molar-refractivity contribution in [2.24, 2.45) is 0 Å². The van der Waals surface area contributed by atoms with Gasteiger partial charge in [-0.25, -0.2) is 9.50 Å². The minimum Gasteiger partial charge on any atom is -0.303 e. The molecule has 1 fully saturated rings. The Labute approximate surface area is 187 Å². The van der Waals surface area contributed by atoms with Gasteiger partial charge in [0.25, 0.3) is 5.56 Å². The number of hydrogen-bond donors (Lipinski definition) is 0. The van der Waals surface area contributed by atoms with E-state index in [0.717, 1.165) is 49.3 Å². The van der Waals surface area contributed by atoms with Gasteiger partial charge >= 0.3 is 0 Å². The van der Waals surface area contributed by atoms with Crippen LogP contribution in [0.1, 0.15) is 56.0 Å². The van der Waals surface area contributed by atoms with Crippen molar-refractivity contribution in [1.29, 1.82) is 0 Å². The summed E-state index contributed by atoms with van der Waals surface area (Å²) in [7, 11) is 0. The molecule has 0 saturated carbocycles. The Morgan fingerprint density at radius 1 is 1.03 bits per heavy atom. The van der Waals surface area contributed by atoms with Gasteiger partial charge in [-0.15, -0.1) is 0 Å². The lowest BCUT2D eigenvalue weighted by atomic mass is 9.90. The van der Waals surface area contributed by atoms with Gasteiger partial charge in [-0.2, -0.15) is 5.10 Å². The Bertz CT molecular complexity index is 1330. The molecule has 5 rings (SSSR count). The topological polar surface area (TPSA) is 67.8 Å². The van der Waals surface area contributed by atoms with E-state index in [1.807, 2.05) is 36.0 Å². The van der Waals surface area contributed by atoms with Crippen molar-refractivity contribution in [3.63, 3.8) is 0 Å². The van der Waals surface area contributed by atoms with Crippen molar-refractivity contribution >= 4 is 11.2 Å². The number of nitrogens with zero attached hydrogens (tertiary/aromatic N) is 6. The summed E-state index contributed by atoms with van der Waals surface area (Å²) in [6, 6.07) is 7.67. The van der Waals surface area contributed by atoms with Crippen molar-refractivity contribution < 1.29 is 0 Å². The molecule has 0 unspecified atom stereocenters. The maximum Gasteiger partial charge on any atom is 0.258 e. The molecule has 0 bridgehead atoms. The summed E-state index contributed by atoms with van der Waals surface area (Å²) in [6.07, 6.45) is 8.20. The van der Waals surface area contributed by atoms with Crippen molar-refractivity contribution in [2.45, 2.75) is 52.4 Å². The van der Waals surface area contributed by atoms with Crippen LogP contribution in [0.3, 0.4) is 0 Å².